The van der Waals surface area contributed by atoms with E-state index in [1.807, 2.05) is 47.8 Å². The van der Waals surface area contributed by atoms with Gasteiger partial charge in [0.15, 0.2) is 0 Å². The second-order valence-electron chi connectivity index (χ2n) is 25.6. The van der Waals surface area contributed by atoms with Crippen LogP contribution < -0.4 is 0 Å². The highest BCUT2D eigenvalue weighted by molar-refractivity contribution is 8.76. The van der Waals surface area contributed by atoms with Gasteiger partial charge in [0, 0.05) is 50.8 Å². The van der Waals surface area contributed by atoms with Crippen molar-refractivity contribution in [2.24, 2.45) is 23.7 Å². The zero-order valence-corrected chi connectivity index (χ0v) is 58.7. The van der Waals surface area contributed by atoms with Crippen molar-refractivity contribution in [3.63, 3.8) is 0 Å². The third kappa shape index (κ3) is 52.2. The van der Waals surface area contributed by atoms with Gasteiger partial charge in [0.25, 0.3) is 0 Å². The molecule has 18 heteroatoms. The van der Waals surface area contributed by atoms with Gasteiger partial charge in [0.05, 0.1) is 65.3 Å². The van der Waals surface area contributed by atoms with Gasteiger partial charge >= 0.3 is 35.8 Å². The molecule has 0 aromatic rings. The molecule has 0 aliphatic heterocycles. The Labute approximate surface area is 534 Å². The van der Waals surface area contributed by atoms with Crippen LogP contribution in [0.25, 0.3) is 0 Å². The topological polar surface area (TPSA) is 171 Å². The SMILES string of the molecule is CCCCCCCC(C)COC(=O)CCN(CCC(=O)OCCCCCCCC(C)C)[C@@H](CSSC[C@@H](C(=O)OCCCN(C)C)N(CCC(=O)OCCCCCCCC(C)C)CCC(=O)OCC(C)CCCCCCC)C(=O)OCCCN(C)C. The molecule has 0 aromatic carbocycles. The molecule has 506 valence electrons. The maximum atomic E-state index is 14.3. The van der Waals surface area contributed by atoms with Gasteiger partial charge < -0.3 is 38.2 Å². The molecule has 16 nitrogen and oxygen atoms in total. The predicted octanol–water partition coefficient (Wildman–Crippen LogP) is 14.4. The molecule has 0 saturated carbocycles. The summed E-state index contributed by atoms with van der Waals surface area (Å²) in [6, 6.07) is -1.73. The summed E-state index contributed by atoms with van der Waals surface area (Å²) < 4.78 is 34.9. The molecular formula is C68H130N4O12S2. The number of ether oxygens (including phenoxy) is 6. The van der Waals surface area contributed by atoms with Crippen LogP contribution >= 0.6 is 21.6 Å². The second kappa shape index (κ2) is 57.5. The summed E-state index contributed by atoms with van der Waals surface area (Å²) >= 11 is 0. The lowest BCUT2D eigenvalue weighted by Gasteiger charge is -2.31. The fraction of sp³-hybridized carbons (Fsp3) is 0.912. The zero-order valence-electron chi connectivity index (χ0n) is 57.1. The number of unbranched alkanes of at least 4 members (excludes halogenated alkanes) is 16. The Bertz CT molecular complexity index is 1560. The van der Waals surface area contributed by atoms with Crippen LogP contribution in [-0.2, 0) is 57.2 Å². The second-order valence-corrected chi connectivity index (χ2v) is 28.2. The van der Waals surface area contributed by atoms with Crippen LogP contribution in [0.15, 0.2) is 0 Å². The Morgan fingerprint density at radius 3 is 0.953 bits per heavy atom. The molecular weight excluding hydrogens is 1130 g/mol. The van der Waals surface area contributed by atoms with Crippen LogP contribution in [0.1, 0.15) is 248 Å². The van der Waals surface area contributed by atoms with E-state index in [9.17, 15) is 28.8 Å². The van der Waals surface area contributed by atoms with E-state index in [2.05, 4.69) is 55.4 Å². The van der Waals surface area contributed by atoms with E-state index in [1.54, 1.807) is 0 Å². The monoisotopic (exact) mass is 1260 g/mol. The van der Waals surface area contributed by atoms with Crippen molar-refractivity contribution >= 4 is 57.4 Å². The van der Waals surface area contributed by atoms with Crippen LogP contribution in [-0.4, -0.2) is 186 Å². The molecule has 0 saturated heterocycles. The first-order valence-corrected chi connectivity index (χ1v) is 36.8. The molecule has 0 aliphatic rings. The summed E-state index contributed by atoms with van der Waals surface area (Å²) in [6.45, 7) is 21.3. The fourth-order valence-corrected chi connectivity index (χ4v) is 12.3. The summed E-state index contributed by atoms with van der Waals surface area (Å²) in [6.07, 6.45) is 27.8. The largest absolute Gasteiger partial charge is 0.466 e. The number of carbonyl (C=O) groups is 6. The van der Waals surface area contributed by atoms with E-state index < -0.39 is 24.0 Å². The van der Waals surface area contributed by atoms with Crippen molar-refractivity contribution in [3.05, 3.63) is 0 Å². The van der Waals surface area contributed by atoms with Gasteiger partial charge in [0.1, 0.15) is 12.1 Å². The molecule has 0 rings (SSSR count). The van der Waals surface area contributed by atoms with Crippen LogP contribution in [0.5, 0.6) is 0 Å². The smallest absolute Gasteiger partial charge is 0.324 e. The number of rotatable bonds is 61. The quantitative estimate of drug-likeness (QED) is 0.0243. The molecule has 0 N–H and O–H groups in total. The first kappa shape index (κ1) is 83.4. The maximum absolute atomic E-state index is 14.3. The van der Waals surface area contributed by atoms with E-state index in [0.717, 1.165) is 89.9 Å². The molecule has 0 spiro atoms. The first-order valence-electron chi connectivity index (χ1n) is 34.3. The summed E-state index contributed by atoms with van der Waals surface area (Å²) in [4.78, 5) is 90.0. The Balaban J connectivity index is 6.70. The normalized spacial score (nSPS) is 13.2. The molecule has 0 radical (unpaired) electrons. The van der Waals surface area contributed by atoms with Gasteiger partial charge in [-0.3, -0.25) is 38.6 Å². The number of nitrogens with zero attached hydrogens (tertiary/aromatic N) is 4. The summed E-state index contributed by atoms with van der Waals surface area (Å²) in [5.74, 6) is -0.214. The standard InChI is InChI=1S/C68H130N4O12S2/c1-13-15-17-21-29-37-59(7)53-83-65(75)41-47-71(45-39-63(73)79-49-31-25-19-23-27-35-57(3)4)61(67(77)81-51-33-43-69(9)10)55-85-86-56-62(68(78)82-52-34-44-70(11)12)72(46-40-64(74)80-50-32-26-20-24-28-36-58(5)6)48-42-66(76)84-54-60(8)38-30-22-18-16-14-2/h57-62H,13-56H2,1-12H3/t59?,60?,61-,62-/m0/s1. The average molecular weight is 1260 g/mol. The Morgan fingerprint density at radius 1 is 0.337 bits per heavy atom. The van der Waals surface area contributed by atoms with Crippen molar-refractivity contribution in [3.8, 4) is 0 Å². The third-order valence-electron chi connectivity index (χ3n) is 15.4. The molecule has 2 unspecified atom stereocenters. The van der Waals surface area contributed by atoms with Gasteiger partial charge in [-0.25, -0.2) is 0 Å². The van der Waals surface area contributed by atoms with Gasteiger partial charge in [-0.05, 0) is 90.4 Å². The van der Waals surface area contributed by atoms with Gasteiger partial charge in [0.2, 0.25) is 0 Å². The van der Waals surface area contributed by atoms with Crippen molar-refractivity contribution in [1.29, 1.82) is 0 Å². The Hall–Kier alpha value is -2.64. The molecule has 0 aliphatic carbocycles. The lowest BCUT2D eigenvalue weighted by molar-refractivity contribution is -0.152. The number of hydrogen-bond donors (Lipinski definition) is 0. The van der Waals surface area contributed by atoms with Crippen LogP contribution in [0, 0.1) is 23.7 Å². The van der Waals surface area contributed by atoms with Gasteiger partial charge in [-0.2, -0.15) is 0 Å². The highest BCUT2D eigenvalue weighted by Crippen LogP contribution is 2.28. The minimum absolute atomic E-state index is 0.00919. The van der Waals surface area contributed by atoms with E-state index in [-0.39, 0.29) is 112 Å². The molecule has 0 bridgehead atoms. The molecule has 0 heterocycles. The Kier molecular flexibility index (Phi) is 55.7. The van der Waals surface area contributed by atoms with Crippen LogP contribution in [0.2, 0.25) is 0 Å². The summed E-state index contributed by atoms with van der Waals surface area (Å²) in [5, 5.41) is 0. The maximum Gasteiger partial charge on any atom is 0.324 e. The minimum atomic E-state index is -0.865. The molecule has 0 aromatic heterocycles. The molecule has 4 atom stereocenters. The van der Waals surface area contributed by atoms with Gasteiger partial charge in [-0.15, -0.1) is 0 Å². The molecule has 86 heavy (non-hydrogen) atoms. The molecule has 0 fully saturated rings. The van der Waals surface area contributed by atoms with Crippen LogP contribution in [0.3, 0.4) is 0 Å². The first-order chi connectivity index (χ1) is 41.3. The van der Waals surface area contributed by atoms with E-state index >= 15 is 0 Å². The van der Waals surface area contributed by atoms with Crippen LogP contribution in [0.4, 0.5) is 0 Å². The zero-order chi connectivity index (χ0) is 64.0. The number of hydrogen-bond acceptors (Lipinski definition) is 18. The van der Waals surface area contributed by atoms with Crippen molar-refractivity contribution in [2.45, 2.75) is 260 Å². The predicted molar refractivity (Wildman–Crippen MR) is 356 cm³/mol. The summed E-state index contributed by atoms with van der Waals surface area (Å²) in [5.41, 5.74) is 0. The third-order valence-corrected chi connectivity index (χ3v) is 17.8. The fourth-order valence-electron chi connectivity index (χ4n) is 9.82. The average Bonchev–Trinajstić information content (AvgIpc) is 3.55. The lowest BCUT2D eigenvalue weighted by atomic mass is 10.0. The minimum Gasteiger partial charge on any atom is -0.466 e. The lowest BCUT2D eigenvalue weighted by Crippen LogP contribution is -2.47. The summed E-state index contributed by atoms with van der Waals surface area (Å²) in [7, 11) is 10.6. The number of carbonyl (C=O) groups excluding carboxylic acids is 6. The van der Waals surface area contributed by atoms with E-state index in [4.69, 9.17) is 28.4 Å². The van der Waals surface area contributed by atoms with E-state index in [0.29, 0.717) is 64.2 Å². The highest BCUT2D eigenvalue weighted by atomic mass is 33.1. The highest BCUT2D eigenvalue weighted by Gasteiger charge is 2.32. The van der Waals surface area contributed by atoms with Crippen molar-refractivity contribution < 1.29 is 57.2 Å². The van der Waals surface area contributed by atoms with E-state index in [1.165, 1.54) is 85.8 Å². The molecule has 0 amide bonds. The number of esters is 6. The Morgan fingerprint density at radius 2 is 0.628 bits per heavy atom. The van der Waals surface area contributed by atoms with Crippen molar-refractivity contribution in [2.75, 3.05) is 119 Å². The van der Waals surface area contributed by atoms with Crippen molar-refractivity contribution in [1.82, 2.24) is 19.6 Å². The van der Waals surface area contributed by atoms with Gasteiger partial charge in [-0.1, -0.05) is 205 Å².